The van der Waals surface area contributed by atoms with E-state index in [1.54, 1.807) is 0 Å². The fourth-order valence-corrected chi connectivity index (χ4v) is 3.30. The summed E-state index contributed by atoms with van der Waals surface area (Å²) in [4.78, 5) is 0. The summed E-state index contributed by atoms with van der Waals surface area (Å²) in [5, 5.41) is 8.00. The van der Waals surface area contributed by atoms with Gasteiger partial charge in [-0.2, -0.15) is 5.10 Å². The second-order valence-corrected chi connectivity index (χ2v) is 6.51. The maximum atomic E-state index is 5.89. The third kappa shape index (κ3) is 3.26. The lowest BCUT2D eigenvalue weighted by molar-refractivity contribution is 0.254. The van der Waals surface area contributed by atoms with Gasteiger partial charge >= 0.3 is 0 Å². The number of fused-ring (bicyclic) bond motifs is 1. The molecule has 0 amide bonds. The summed E-state index contributed by atoms with van der Waals surface area (Å²) in [6.45, 7) is 10.5. The van der Waals surface area contributed by atoms with E-state index in [0.29, 0.717) is 6.61 Å². The predicted molar refractivity (Wildman–Crippen MR) is 94.6 cm³/mol. The van der Waals surface area contributed by atoms with E-state index in [4.69, 9.17) is 9.47 Å². The van der Waals surface area contributed by atoms with Crippen molar-refractivity contribution in [3.63, 3.8) is 0 Å². The van der Waals surface area contributed by atoms with Crippen LogP contribution in [0.4, 0.5) is 0 Å². The summed E-state index contributed by atoms with van der Waals surface area (Å²) >= 11 is 0. The predicted octanol–water partition coefficient (Wildman–Crippen LogP) is 3.05. The lowest BCUT2D eigenvalue weighted by atomic mass is 10.1. The third-order valence-corrected chi connectivity index (χ3v) is 4.66. The van der Waals surface area contributed by atoms with Crippen LogP contribution in [0.2, 0.25) is 0 Å². The van der Waals surface area contributed by atoms with Gasteiger partial charge in [0.05, 0.1) is 12.3 Å². The number of aryl methyl sites for hydroxylation is 2. The van der Waals surface area contributed by atoms with E-state index in [1.807, 2.05) is 18.7 Å². The number of nitrogens with one attached hydrogen (secondary N) is 1. The quantitative estimate of drug-likeness (QED) is 0.885. The molecule has 0 saturated carbocycles. The number of hydrogen-bond acceptors (Lipinski definition) is 4. The van der Waals surface area contributed by atoms with Crippen molar-refractivity contribution in [1.82, 2.24) is 15.1 Å². The maximum Gasteiger partial charge on any atom is 0.124 e. The van der Waals surface area contributed by atoms with Crippen LogP contribution in [0.5, 0.6) is 11.5 Å². The Kier molecular flexibility index (Phi) is 4.81. The minimum Gasteiger partial charge on any atom is -0.494 e. The largest absolute Gasteiger partial charge is 0.494 e. The zero-order valence-electron chi connectivity index (χ0n) is 15.3. The van der Waals surface area contributed by atoms with Crippen LogP contribution in [0.3, 0.4) is 0 Å². The molecule has 2 heterocycles. The molecule has 0 fully saturated rings. The van der Waals surface area contributed by atoms with Crippen molar-refractivity contribution in [3.05, 3.63) is 40.2 Å². The van der Waals surface area contributed by atoms with Gasteiger partial charge in [0, 0.05) is 48.9 Å². The van der Waals surface area contributed by atoms with Crippen molar-refractivity contribution < 1.29 is 9.47 Å². The van der Waals surface area contributed by atoms with Gasteiger partial charge in [0.25, 0.3) is 0 Å². The summed E-state index contributed by atoms with van der Waals surface area (Å²) in [5.41, 5.74) is 5.94. The van der Waals surface area contributed by atoms with Gasteiger partial charge in [-0.15, -0.1) is 0 Å². The summed E-state index contributed by atoms with van der Waals surface area (Å²) in [6, 6.07) is 4.26. The first kappa shape index (κ1) is 16.8. The fourth-order valence-electron chi connectivity index (χ4n) is 3.30. The zero-order chi connectivity index (χ0) is 17.3. The lowest BCUT2D eigenvalue weighted by Crippen LogP contribution is -2.15. The molecule has 0 radical (unpaired) electrons. The van der Waals surface area contributed by atoms with Gasteiger partial charge in [-0.3, -0.25) is 4.68 Å². The van der Waals surface area contributed by atoms with Crippen LogP contribution in [0.25, 0.3) is 0 Å². The first-order valence-electron chi connectivity index (χ1n) is 8.64. The van der Waals surface area contributed by atoms with Crippen molar-refractivity contribution >= 4 is 0 Å². The molecule has 3 rings (SSSR count). The van der Waals surface area contributed by atoms with Crippen LogP contribution in [-0.4, -0.2) is 22.5 Å². The molecule has 0 saturated heterocycles. The number of nitrogens with zero attached hydrogens (tertiary/aromatic N) is 2. The standard InChI is InChI=1S/C19H27N3O2/c1-6-23-18-8-15-7-12(2)24-19(15)9-16(18)10-20-11-17-13(3)21-22(5)14(17)4/h8-9,12,20H,6-7,10-11H2,1-5H3/t12-/m0/s1. The molecule has 0 unspecified atom stereocenters. The highest BCUT2D eigenvalue weighted by Gasteiger charge is 2.21. The van der Waals surface area contributed by atoms with Crippen LogP contribution in [0.1, 0.15) is 41.9 Å². The second-order valence-electron chi connectivity index (χ2n) is 6.51. The first-order valence-corrected chi connectivity index (χ1v) is 8.64. The molecule has 0 spiro atoms. The molecule has 5 heteroatoms. The molecule has 2 aromatic rings. The number of ether oxygens (including phenoxy) is 2. The molecular weight excluding hydrogens is 302 g/mol. The van der Waals surface area contributed by atoms with Crippen LogP contribution in [0, 0.1) is 13.8 Å². The SMILES string of the molecule is CCOc1cc2c(cc1CNCc1c(C)nn(C)c1C)O[C@@H](C)C2. The van der Waals surface area contributed by atoms with E-state index in [1.165, 1.54) is 16.8 Å². The van der Waals surface area contributed by atoms with E-state index >= 15 is 0 Å². The molecule has 0 bridgehead atoms. The van der Waals surface area contributed by atoms with Crippen molar-refractivity contribution in [3.8, 4) is 11.5 Å². The molecule has 1 aromatic heterocycles. The fraction of sp³-hybridized carbons (Fsp3) is 0.526. The Morgan fingerprint density at radius 1 is 1.33 bits per heavy atom. The monoisotopic (exact) mass is 329 g/mol. The Balaban J connectivity index is 1.73. The van der Waals surface area contributed by atoms with Gasteiger partial charge in [0.15, 0.2) is 0 Å². The van der Waals surface area contributed by atoms with Gasteiger partial charge in [-0.1, -0.05) is 0 Å². The maximum absolute atomic E-state index is 5.89. The Morgan fingerprint density at radius 3 is 2.79 bits per heavy atom. The molecule has 0 aliphatic carbocycles. The topological polar surface area (TPSA) is 48.3 Å². The summed E-state index contributed by atoms with van der Waals surface area (Å²) < 4.78 is 13.7. The van der Waals surface area contributed by atoms with Crippen molar-refractivity contribution in [2.75, 3.05) is 6.61 Å². The molecule has 1 N–H and O–H groups in total. The van der Waals surface area contributed by atoms with E-state index in [9.17, 15) is 0 Å². The summed E-state index contributed by atoms with van der Waals surface area (Å²) in [6.07, 6.45) is 1.20. The Hall–Kier alpha value is -2.01. The molecule has 1 aromatic carbocycles. The van der Waals surface area contributed by atoms with Gasteiger partial charge in [0.2, 0.25) is 0 Å². The first-order chi connectivity index (χ1) is 11.5. The normalized spacial score (nSPS) is 16.1. The highest BCUT2D eigenvalue weighted by Crippen LogP contribution is 2.35. The van der Waals surface area contributed by atoms with Gasteiger partial charge < -0.3 is 14.8 Å². The van der Waals surface area contributed by atoms with Crippen molar-refractivity contribution in [1.29, 1.82) is 0 Å². The van der Waals surface area contributed by atoms with Crippen LogP contribution in [-0.2, 0) is 26.6 Å². The van der Waals surface area contributed by atoms with Gasteiger partial charge in [0.1, 0.15) is 17.6 Å². The molecule has 1 aliphatic heterocycles. The number of aromatic nitrogens is 2. The highest BCUT2D eigenvalue weighted by molar-refractivity contribution is 5.48. The van der Waals surface area contributed by atoms with Gasteiger partial charge in [-0.05, 0) is 39.8 Å². The Bertz CT molecular complexity index is 737. The van der Waals surface area contributed by atoms with Crippen LogP contribution < -0.4 is 14.8 Å². The molecular formula is C19H27N3O2. The molecule has 1 aliphatic rings. The second kappa shape index (κ2) is 6.85. The molecule has 130 valence electrons. The van der Waals surface area contributed by atoms with E-state index in [-0.39, 0.29) is 6.10 Å². The minimum atomic E-state index is 0.248. The smallest absolute Gasteiger partial charge is 0.124 e. The third-order valence-electron chi connectivity index (χ3n) is 4.66. The van der Waals surface area contributed by atoms with Crippen LogP contribution >= 0.6 is 0 Å². The van der Waals surface area contributed by atoms with Gasteiger partial charge in [-0.25, -0.2) is 0 Å². The Labute approximate surface area is 144 Å². The Morgan fingerprint density at radius 2 is 2.12 bits per heavy atom. The van der Waals surface area contributed by atoms with Crippen molar-refractivity contribution in [2.24, 2.45) is 7.05 Å². The number of rotatable bonds is 6. The molecule has 5 nitrogen and oxygen atoms in total. The van der Waals surface area contributed by atoms with E-state index in [0.717, 1.165) is 42.3 Å². The van der Waals surface area contributed by atoms with E-state index in [2.05, 4.69) is 43.3 Å². The summed E-state index contributed by atoms with van der Waals surface area (Å²) in [7, 11) is 1.98. The number of benzene rings is 1. The number of hydrogen-bond donors (Lipinski definition) is 1. The van der Waals surface area contributed by atoms with Crippen molar-refractivity contribution in [2.45, 2.75) is 53.3 Å². The average Bonchev–Trinajstić information content (AvgIpc) is 3.00. The molecule has 1 atom stereocenters. The summed E-state index contributed by atoms with van der Waals surface area (Å²) in [5.74, 6) is 1.96. The average molecular weight is 329 g/mol. The molecule has 24 heavy (non-hydrogen) atoms. The van der Waals surface area contributed by atoms with E-state index < -0.39 is 0 Å². The highest BCUT2D eigenvalue weighted by atomic mass is 16.5. The lowest BCUT2D eigenvalue weighted by Gasteiger charge is -2.13. The minimum absolute atomic E-state index is 0.248. The zero-order valence-corrected chi connectivity index (χ0v) is 15.3. The van der Waals surface area contributed by atoms with Crippen LogP contribution in [0.15, 0.2) is 12.1 Å².